The summed E-state index contributed by atoms with van der Waals surface area (Å²) < 4.78 is 4.84. The van der Waals surface area contributed by atoms with Crippen LogP contribution in [0, 0.1) is 11.8 Å². The molecule has 0 spiro atoms. The van der Waals surface area contributed by atoms with Crippen molar-refractivity contribution in [3.8, 4) is 0 Å². The van der Waals surface area contributed by atoms with Crippen LogP contribution in [0.25, 0.3) is 0 Å². The van der Waals surface area contributed by atoms with E-state index in [4.69, 9.17) is 4.74 Å². The van der Waals surface area contributed by atoms with Crippen LogP contribution in [0.4, 0.5) is 0 Å². The van der Waals surface area contributed by atoms with Gasteiger partial charge in [0.25, 0.3) is 0 Å². The third-order valence-electron chi connectivity index (χ3n) is 6.69. The zero-order valence-corrected chi connectivity index (χ0v) is 16.5. The van der Waals surface area contributed by atoms with E-state index >= 15 is 0 Å². The Bertz CT molecular complexity index is 814. The summed E-state index contributed by atoms with van der Waals surface area (Å²) in [6, 6.07) is 17.7. The largest absolute Gasteiger partial charge is 0.465 e. The van der Waals surface area contributed by atoms with Gasteiger partial charge in [0, 0.05) is 12.5 Å². The number of carbonyl (C=O) groups excluding carboxylic acids is 1. The summed E-state index contributed by atoms with van der Waals surface area (Å²) in [6.45, 7) is 3.29. The Labute approximate surface area is 167 Å². The lowest BCUT2D eigenvalue weighted by molar-refractivity contribution is -0.106. The molecular formula is C24H29NO3. The van der Waals surface area contributed by atoms with E-state index < -0.39 is 5.60 Å². The Morgan fingerprint density at radius 2 is 1.89 bits per heavy atom. The van der Waals surface area contributed by atoms with Crippen molar-refractivity contribution in [3.63, 3.8) is 0 Å². The molecule has 4 nitrogen and oxygen atoms in total. The molecular weight excluding hydrogens is 350 g/mol. The first kappa shape index (κ1) is 19.2. The number of ether oxygens (including phenoxy) is 1. The minimum Gasteiger partial charge on any atom is -0.465 e. The van der Waals surface area contributed by atoms with Gasteiger partial charge in [0.1, 0.15) is 0 Å². The lowest BCUT2D eigenvalue weighted by Gasteiger charge is -2.51. The molecule has 0 aromatic heterocycles. The predicted octanol–water partition coefficient (Wildman–Crippen LogP) is 3.64. The molecule has 3 fully saturated rings. The number of esters is 1. The number of carbonyl (C=O) groups is 1. The van der Waals surface area contributed by atoms with Crippen molar-refractivity contribution in [2.24, 2.45) is 11.8 Å². The molecule has 3 aliphatic heterocycles. The van der Waals surface area contributed by atoms with Gasteiger partial charge in [0.15, 0.2) is 0 Å². The molecule has 148 valence electrons. The molecule has 2 atom stereocenters. The summed E-state index contributed by atoms with van der Waals surface area (Å²) in [5, 5.41) is 12.0. The average Bonchev–Trinajstić information content (AvgIpc) is 2.78. The second-order valence-electron chi connectivity index (χ2n) is 8.23. The maximum Gasteiger partial charge on any atom is 0.337 e. The van der Waals surface area contributed by atoms with E-state index in [-0.39, 0.29) is 11.9 Å². The molecule has 0 amide bonds. The zero-order valence-electron chi connectivity index (χ0n) is 16.5. The summed E-state index contributed by atoms with van der Waals surface area (Å²) in [5.74, 6) is 0.510. The van der Waals surface area contributed by atoms with Crippen molar-refractivity contribution in [1.82, 2.24) is 4.90 Å². The number of nitrogens with zero attached hydrogens (tertiary/aromatic N) is 1. The van der Waals surface area contributed by atoms with Crippen LogP contribution in [0.15, 0.2) is 54.6 Å². The highest BCUT2D eigenvalue weighted by molar-refractivity contribution is 5.89. The number of methoxy groups -OCH3 is 1. The smallest absolute Gasteiger partial charge is 0.337 e. The molecule has 5 rings (SSSR count). The van der Waals surface area contributed by atoms with Crippen LogP contribution in [0.3, 0.4) is 0 Å². The van der Waals surface area contributed by atoms with Crippen molar-refractivity contribution in [2.45, 2.75) is 31.3 Å². The topological polar surface area (TPSA) is 49.8 Å². The maximum absolute atomic E-state index is 12.0. The van der Waals surface area contributed by atoms with Gasteiger partial charge in [0.2, 0.25) is 0 Å². The van der Waals surface area contributed by atoms with E-state index in [2.05, 4.69) is 17.0 Å². The first-order valence-corrected chi connectivity index (χ1v) is 10.3. The van der Waals surface area contributed by atoms with Crippen molar-refractivity contribution >= 4 is 5.97 Å². The van der Waals surface area contributed by atoms with Gasteiger partial charge in [-0.05, 0) is 68.0 Å². The Morgan fingerprint density at radius 3 is 2.54 bits per heavy atom. The summed E-state index contributed by atoms with van der Waals surface area (Å²) in [5.41, 5.74) is 1.77. The lowest BCUT2D eigenvalue weighted by atomic mass is 9.66. The monoisotopic (exact) mass is 379 g/mol. The van der Waals surface area contributed by atoms with E-state index in [1.807, 2.05) is 36.4 Å². The van der Waals surface area contributed by atoms with Gasteiger partial charge in [0.05, 0.1) is 18.3 Å². The highest BCUT2D eigenvalue weighted by Crippen LogP contribution is 2.45. The van der Waals surface area contributed by atoms with Gasteiger partial charge in [-0.2, -0.15) is 0 Å². The molecule has 3 aliphatic rings. The first-order valence-electron chi connectivity index (χ1n) is 10.3. The molecule has 2 bridgehead atoms. The zero-order chi connectivity index (χ0) is 19.6. The van der Waals surface area contributed by atoms with Crippen LogP contribution < -0.4 is 0 Å². The minimum absolute atomic E-state index is 0.251. The fourth-order valence-corrected chi connectivity index (χ4v) is 5.08. The molecule has 2 aromatic carbocycles. The number of hydrogen-bond acceptors (Lipinski definition) is 4. The Morgan fingerprint density at radius 1 is 1.14 bits per heavy atom. The number of hydrogen-bond donors (Lipinski definition) is 1. The van der Waals surface area contributed by atoms with E-state index in [9.17, 15) is 9.90 Å². The fraction of sp³-hybridized carbons (Fsp3) is 0.458. The maximum atomic E-state index is 12.0. The lowest BCUT2D eigenvalue weighted by Crippen LogP contribution is -2.55. The van der Waals surface area contributed by atoms with Crippen LogP contribution in [0.1, 0.15) is 40.7 Å². The van der Waals surface area contributed by atoms with Gasteiger partial charge in [-0.3, -0.25) is 0 Å². The third kappa shape index (κ3) is 3.71. The first-order chi connectivity index (χ1) is 13.6. The average molecular weight is 380 g/mol. The highest BCUT2D eigenvalue weighted by atomic mass is 16.5. The molecule has 0 radical (unpaired) electrons. The van der Waals surface area contributed by atoms with Gasteiger partial charge in [-0.25, -0.2) is 4.79 Å². The molecule has 4 heteroatoms. The van der Waals surface area contributed by atoms with Crippen molar-refractivity contribution in [3.05, 3.63) is 71.3 Å². The number of fused-ring (bicyclic) bond motifs is 3. The standard InChI is InChI=1S/C24H29NO3/c1-28-23(26)20-7-5-6-18(16-20)10-13-24(27,21-8-3-2-4-9-21)22-17-25-14-11-19(22)12-15-25/h2-9,16,19,22,27H,10-15,17H2,1H3. The molecule has 2 unspecified atom stereocenters. The summed E-state index contributed by atoms with van der Waals surface area (Å²) >= 11 is 0. The van der Waals surface area contributed by atoms with Gasteiger partial charge in [-0.1, -0.05) is 42.5 Å². The van der Waals surface area contributed by atoms with Crippen molar-refractivity contribution < 1.29 is 14.6 Å². The third-order valence-corrected chi connectivity index (χ3v) is 6.69. The van der Waals surface area contributed by atoms with Gasteiger partial charge >= 0.3 is 5.97 Å². The Hall–Kier alpha value is -2.17. The van der Waals surface area contributed by atoms with Gasteiger partial charge < -0.3 is 14.7 Å². The number of piperidine rings is 3. The van der Waals surface area contributed by atoms with Crippen LogP contribution in [0.2, 0.25) is 0 Å². The quantitative estimate of drug-likeness (QED) is 0.779. The number of rotatable bonds is 6. The van der Waals surface area contributed by atoms with E-state index in [1.165, 1.54) is 20.0 Å². The molecule has 0 saturated carbocycles. The SMILES string of the molecule is COC(=O)c1cccc(CCC(O)(c2ccccc2)C2CN3CCC2CC3)c1. The molecule has 3 saturated heterocycles. The summed E-state index contributed by atoms with van der Waals surface area (Å²) in [4.78, 5) is 14.3. The molecule has 3 heterocycles. The number of aliphatic hydroxyl groups is 1. The fourth-order valence-electron chi connectivity index (χ4n) is 5.08. The van der Waals surface area contributed by atoms with Crippen LogP contribution in [-0.2, 0) is 16.8 Å². The van der Waals surface area contributed by atoms with Gasteiger partial charge in [-0.15, -0.1) is 0 Å². The van der Waals surface area contributed by atoms with Crippen LogP contribution in [-0.4, -0.2) is 42.7 Å². The van der Waals surface area contributed by atoms with E-state index in [1.54, 1.807) is 6.07 Å². The highest BCUT2D eigenvalue weighted by Gasteiger charge is 2.47. The molecule has 2 aromatic rings. The van der Waals surface area contributed by atoms with E-state index in [0.29, 0.717) is 17.9 Å². The second-order valence-corrected chi connectivity index (χ2v) is 8.23. The van der Waals surface area contributed by atoms with Crippen molar-refractivity contribution in [1.29, 1.82) is 0 Å². The molecule has 1 N–H and O–H groups in total. The normalized spacial score (nSPS) is 25.9. The number of aryl methyl sites for hydroxylation is 1. The molecule has 0 aliphatic carbocycles. The summed E-state index contributed by atoms with van der Waals surface area (Å²) in [6.07, 6.45) is 3.73. The summed E-state index contributed by atoms with van der Waals surface area (Å²) in [7, 11) is 1.40. The Balaban J connectivity index is 1.59. The predicted molar refractivity (Wildman–Crippen MR) is 109 cm³/mol. The minimum atomic E-state index is -0.855. The molecule has 28 heavy (non-hydrogen) atoms. The van der Waals surface area contributed by atoms with Crippen LogP contribution in [0.5, 0.6) is 0 Å². The Kier molecular flexibility index (Phi) is 5.51. The van der Waals surface area contributed by atoms with Crippen molar-refractivity contribution in [2.75, 3.05) is 26.7 Å². The van der Waals surface area contributed by atoms with Crippen LogP contribution >= 0.6 is 0 Å². The number of benzene rings is 2. The van der Waals surface area contributed by atoms with E-state index in [0.717, 1.165) is 37.2 Å². The second kappa shape index (κ2) is 8.06.